The van der Waals surface area contributed by atoms with Crippen LogP contribution in [0.3, 0.4) is 0 Å². The van der Waals surface area contributed by atoms with Crippen LogP contribution in [0.15, 0.2) is 0 Å². The molecule has 0 aliphatic heterocycles. The van der Waals surface area contributed by atoms with Crippen LogP contribution in [-0.4, -0.2) is 44.0 Å². The summed E-state index contributed by atoms with van der Waals surface area (Å²) in [6.45, 7) is 0. The summed E-state index contributed by atoms with van der Waals surface area (Å²) < 4.78 is 24.0. The maximum Gasteiger partial charge on any atom is 0.209 e. The highest BCUT2D eigenvalue weighted by molar-refractivity contribution is 7.88. The molecule has 6 nitrogen and oxygen atoms in total. The molecule has 1 fully saturated rings. The van der Waals surface area contributed by atoms with Crippen molar-refractivity contribution in [1.82, 2.24) is 4.72 Å². The summed E-state index contributed by atoms with van der Waals surface area (Å²) in [5.74, 6) is 0. The molecule has 0 bridgehead atoms. The Morgan fingerprint density at radius 3 is 2.23 bits per heavy atom. The van der Waals surface area contributed by atoms with Crippen molar-refractivity contribution in [2.45, 2.75) is 30.7 Å². The summed E-state index contributed by atoms with van der Waals surface area (Å²) in [5.41, 5.74) is 11.1. The van der Waals surface area contributed by atoms with Gasteiger partial charge >= 0.3 is 0 Å². The minimum atomic E-state index is -3.34. The number of aliphatic hydroxyl groups is 1. The minimum Gasteiger partial charge on any atom is -0.390 e. The lowest BCUT2D eigenvalue weighted by atomic mass is 10.2. The molecule has 1 aliphatic carbocycles. The average Bonchev–Trinajstić information content (AvgIpc) is 2.14. The van der Waals surface area contributed by atoms with Crippen LogP contribution in [0.1, 0.15) is 6.42 Å². The van der Waals surface area contributed by atoms with Crippen molar-refractivity contribution in [2.75, 3.05) is 6.26 Å². The van der Waals surface area contributed by atoms with Crippen LogP contribution < -0.4 is 16.2 Å². The standard InChI is InChI=1S/C6H15N3O3S/c1-13(11,12)9-5-3(7)2-4(8)6(5)10/h3-6,9-10H,2,7-8H2,1H3/t3-,4+,5+,6-/m0/s1. The molecule has 0 amide bonds. The van der Waals surface area contributed by atoms with E-state index >= 15 is 0 Å². The second-order valence-electron chi connectivity index (χ2n) is 3.47. The Morgan fingerprint density at radius 1 is 1.38 bits per heavy atom. The second-order valence-corrected chi connectivity index (χ2v) is 5.25. The summed E-state index contributed by atoms with van der Waals surface area (Å²) in [7, 11) is -3.34. The van der Waals surface area contributed by atoms with Gasteiger partial charge in [0.25, 0.3) is 0 Å². The van der Waals surface area contributed by atoms with Gasteiger partial charge in [-0.25, -0.2) is 13.1 Å². The first-order valence-electron chi connectivity index (χ1n) is 3.98. The number of rotatable bonds is 2. The van der Waals surface area contributed by atoms with E-state index in [0.717, 1.165) is 6.26 Å². The van der Waals surface area contributed by atoms with Crippen LogP contribution in [0.2, 0.25) is 0 Å². The summed E-state index contributed by atoms with van der Waals surface area (Å²) in [6, 6.07) is -1.53. The molecule has 7 heteroatoms. The molecule has 0 unspecified atom stereocenters. The summed E-state index contributed by atoms with van der Waals surface area (Å²) in [6.07, 6.45) is 0.551. The van der Waals surface area contributed by atoms with Gasteiger partial charge in [-0.15, -0.1) is 0 Å². The first-order valence-corrected chi connectivity index (χ1v) is 5.87. The van der Waals surface area contributed by atoms with Gasteiger partial charge in [0.2, 0.25) is 10.0 Å². The molecule has 1 saturated carbocycles. The third kappa shape index (κ3) is 2.61. The van der Waals surface area contributed by atoms with Crippen LogP contribution in [0.4, 0.5) is 0 Å². The third-order valence-electron chi connectivity index (χ3n) is 2.16. The first-order chi connectivity index (χ1) is 5.81. The Morgan fingerprint density at radius 2 is 1.92 bits per heavy atom. The number of sulfonamides is 1. The lowest BCUT2D eigenvalue weighted by molar-refractivity contribution is 0.140. The zero-order valence-corrected chi connectivity index (χ0v) is 8.16. The Labute approximate surface area is 77.3 Å². The Kier molecular flexibility index (Phi) is 2.93. The highest BCUT2D eigenvalue weighted by atomic mass is 32.2. The van der Waals surface area contributed by atoms with E-state index in [0.29, 0.717) is 6.42 Å². The number of aliphatic hydroxyl groups excluding tert-OH is 1. The molecular formula is C6H15N3O3S. The first kappa shape index (κ1) is 10.9. The molecule has 6 N–H and O–H groups in total. The topological polar surface area (TPSA) is 118 Å². The van der Waals surface area contributed by atoms with Gasteiger partial charge in [0.15, 0.2) is 0 Å². The van der Waals surface area contributed by atoms with Crippen LogP contribution in [0, 0.1) is 0 Å². The third-order valence-corrected chi connectivity index (χ3v) is 2.86. The summed E-state index contributed by atoms with van der Waals surface area (Å²) in [5, 5.41) is 9.46. The largest absolute Gasteiger partial charge is 0.390 e. The van der Waals surface area contributed by atoms with Gasteiger partial charge in [-0.3, -0.25) is 0 Å². The van der Waals surface area contributed by atoms with Crippen LogP contribution in [0.5, 0.6) is 0 Å². The lowest BCUT2D eigenvalue weighted by Crippen LogP contribution is -2.50. The zero-order valence-electron chi connectivity index (χ0n) is 7.34. The molecule has 4 atom stereocenters. The molecule has 0 aromatic carbocycles. The van der Waals surface area contributed by atoms with E-state index in [1.165, 1.54) is 0 Å². The van der Waals surface area contributed by atoms with Gasteiger partial charge in [0, 0.05) is 12.1 Å². The predicted octanol–water partition coefficient (Wildman–Crippen LogP) is -2.68. The monoisotopic (exact) mass is 209 g/mol. The predicted molar refractivity (Wildman–Crippen MR) is 48.3 cm³/mol. The molecule has 0 spiro atoms. The van der Waals surface area contributed by atoms with Crippen molar-refractivity contribution in [3.63, 3.8) is 0 Å². The fraction of sp³-hybridized carbons (Fsp3) is 1.00. The summed E-state index contributed by atoms with van der Waals surface area (Å²) in [4.78, 5) is 0. The molecule has 0 saturated heterocycles. The van der Waals surface area contributed by atoms with Gasteiger partial charge in [0.05, 0.1) is 18.4 Å². The summed E-state index contributed by atoms with van der Waals surface area (Å²) >= 11 is 0. The van der Waals surface area contributed by atoms with Crippen molar-refractivity contribution < 1.29 is 13.5 Å². The molecule has 0 heterocycles. The Hall–Kier alpha value is -0.210. The lowest BCUT2D eigenvalue weighted by Gasteiger charge is -2.19. The van der Waals surface area contributed by atoms with E-state index in [1.807, 2.05) is 0 Å². The number of nitrogens with two attached hydrogens (primary N) is 2. The Balaban J connectivity index is 2.70. The highest BCUT2D eigenvalue weighted by Gasteiger charge is 2.39. The maximum atomic E-state index is 10.9. The van der Waals surface area contributed by atoms with Crippen molar-refractivity contribution in [1.29, 1.82) is 0 Å². The SMILES string of the molecule is CS(=O)(=O)N[C@H]1[C@@H](O)[C@H](N)C[C@@H]1N. The van der Waals surface area contributed by atoms with Crippen LogP contribution >= 0.6 is 0 Å². The van der Waals surface area contributed by atoms with E-state index in [2.05, 4.69) is 4.72 Å². The van der Waals surface area contributed by atoms with Crippen molar-refractivity contribution in [2.24, 2.45) is 11.5 Å². The van der Waals surface area contributed by atoms with Gasteiger partial charge in [-0.05, 0) is 6.42 Å². The van der Waals surface area contributed by atoms with E-state index in [-0.39, 0.29) is 0 Å². The molecule has 78 valence electrons. The van der Waals surface area contributed by atoms with Crippen molar-refractivity contribution >= 4 is 10.0 Å². The van der Waals surface area contributed by atoms with Crippen LogP contribution in [-0.2, 0) is 10.0 Å². The van der Waals surface area contributed by atoms with E-state index in [9.17, 15) is 13.5 Å². The van der Waals surface area contributed by atoms with Gasteiger partial charge < -0.3 is 16.6 Å². The number of nitrogens with one attached hydrogen (secondary N) is 1. The van der Waals surface area contributed by atoms with E-state index in [4.69, 9.17) is 11.5 Å². The average molecular weight is 209 g/mol. The van der Waals surface area contributed by atoms with Crippen LogP contribution in [0.25, 0.3) is 0 Å². The van der Waals surface area contributed by atoms with E-state index < -0.39 is 34.3 Å². The normalized spacial score (nSPS) is 40.9. The minimum absolute atomic E-state index is 0.417. The quantitative estimate of drug-likeness (QED) is 0.395. The van der Waals surface area contributed by atoms with Crippen molar-refractivity contribution in [3.8, 4) is 0 Å². The molecule has 0 radical (unpaired) electrons. The number of hydrogen-bond acceptors (Lipinski definition) is 5. The smallest absolute Gasteiger partial charge is 0.209 e. The van der Waals surface area contributed by atoms with Gasteiger partial charge in [-0.1, -0.05) is 0 Å². The van der Waals surface area contributed by atoms with Gasteiger partial charge in [0.1, 0.15) is 0 Å². The van der Waals surface area contributed by atoms with E-state index in [1.54, 1.807) is 0 Å². The number of hydrogen-bond donors (Lipinski definition) is 4. The maximum absolute atomic E-state index is 10.9. The molecular weight excluding hydrogens is 194 g/mol. The molecule has 1 aliphatic rings. The van der Waals surface area contributed by atoms with Gasteiger partial charge in [-0.2, -0.15) is 0 Å². The molecule has 13 heavy (non-hydrogen) atoms. The highest BCUT2D eigenvalue weighted by Crippen LogP contribution is 2.17. The Bertz CT molecular complexity index is 279. The fourth-order valence-electron chi connectivity index (χ4n) is 1.52. The molecule has 0 aromatic heterocycles. The molecule has 1 rings (SSSR count). The second kappa shape index (κ2) is 3.50. The van der Waals surface area contributed by atoms with Crippen molar-refractivity contribution in [3.05, 3.63) is 0 Å². The zero-order chi connectivity index (χ0) is 10.2. The molecule has 0 aromatic rings. The fourth-order valence-corrected chi connectivity index (χ4v) is 2.33.